The molecule has 0 unspecified atom stereocenters. The van der Waals surface area contributed by atoms with Gasteiger partial charge in [-0.3, -0.25) is 4.79 Å². The summed E-state index contributed by atoms with van der Waals surface area (Å²) in [4.78, 5) is 16.2. The van der Waals surface area contributed by atoms with Crippen LogP contribution in [0.3, 0.4) is 0 Å². The van der Waals surface area contributed by atoms with Crippen LogP contribution < -0.4 is 10.6 Å². The molecule has 0 bridgehead atoms. The Morgan fingerprint density at radius 1 is 1.45 bits per heavy atom. The molecule has 2 aromatic rings. The van der Waals surface area contributed by atoms with Crippen LogP contribution in [0, 0.1) is 5.82 Å². The zero-order chi connectivity index (χ0) is 14.4. The van der Waals surface area contributed by atoms with Crippen molar-refractivity contribution < 1.29 is 9.18 Å². The van der Waals surface area contributed by atoms with Gasteiger partial charge in [0.15, 0.2) is 0 Å². The number of carbonyl (C=O) groups is 1. The number of anilines is 1. The number of carbonyl (C=O) groups excluding carboxylic acids is 1. The van der Waals surface area contributed by atoms with Crippen LogP contribution in [0.25, 0.3) is 0 Å². The second kappa shape index (κ2) is 7.00. The first-order chi connectivity index (χ1) is 9.72. The highest BCUT2D eigenvalue weighted by atomic mass is 32.1. The van der Waals surface area contributed by atoms with E-state index in [1.807, 2.05) is 12.3 Å². The highest BCUT2D eigenvalue weighted by Gasteiger charge is 2.14. The molecule has 2 rings (SSSR count). The van der Waals surface area contributed by atoms with E-state index in [0.717, 1.165) is 12.1 Å². The molecule has 2 N–H and O–H groups in total. The summed E-state index contributed by atoms with van der Waals surface area (Å²) >= 11 is 1.47. The van der Waals surface area contributed by atoms with Gasteiger partial charge in [-0.2, -0.15) is 0 Å². The van der Waals surface area contributed by atoms with Crippen LogP contribution in [-0.4, -0.2) is 17.4 Å². The third kappa shape index (κ3) is 3.54. The van der Waals surface area contributed by atoms with Gasteiger partial charge < -0.3 is 10.6 Å². The average molecular weight is 293 g/mol. The van der Waals surface area contributed by atoms with Crippen molar-refractivity contribution in [3.05, 3.63) is 46.2 Å². The molecule has 1 amide bonds. The van der Waals surface area contributed by atoms with Crippen molar-refractivity contribution in [2.24, 2.45) is 0 Å². The number of halogens is 1. The van der Waals surface area contributed by atoms with E-state index >= 15 is 0 Å². The Kier molecular flexibility index (Phi) is 5.06. The quantitative estimate of drug-likeness (QED) is 0.860. The normalized spacial score (nSPS) is 10.3. The van der Waals surface area contributed by atoms with Crippen molar-refractivity contribution in [3.63, 3.8) is 0 Å². The SMILES string of the molecule is CCCNc1c(F)cccc1C(=O)NCc1cscn1. The van der Waals surface area contributed by atoms with E-state index in [4.69, 9.17) is 0 Å². The Labute approximate surface area is 121 Å². The Morgan fingerprint density at radius 2 is 2.30 bits per heavy atom. The zero-order valence-electron chi connectivity index (χ0n) is 11.1. The fourth-order valence-corrected chi connectivity index (χ4v) is 2.29. The molecule has 0 atom stereocenters. The topological polar surface area (TPSA) is 54.0 Å². The second-order valence-corrected chi connectivity index (χ2v) is 4.97. The number of nitrogens with one attached hydrogen (secondary N) is 2. The minimum atomic E-state index is -0.417. The van der Waals surface area contributed by atoms with Crippen molar-refractivity contribution in [1.82, 2.24) is 10.3 Å². The van der Waals surface area contributed by atoms with Crippen molar-refractivity contribution in [3.8, 4) is 0 Å². The van der Waals surface area contributed by atoms with E-state index in [1.54, 1.807) is 11.6 Å². The lowest BCUT2D eigenvalue weighted by atomic mass is 10.1. The first-order valence-corrected chi connectivity index (χ1v) is 7.34. The number of nitrogens with zero attached hydrogens (tertiary/aromatic N) is 1. The van der Waals surface area contributed by atoms with Crippen LogP contribution in [0.1, 0.15) is 29.4 Å². The summed E-state index contributed by atoms with van der Waals surface area (Å²) in [7, 11) is 0. The predicted molar refractivity (Wildman–Crippen MR) is 78.5 cm³/mol. The van der Waals surface area contributed by atoms with Crippen molar-refractivity contribution in [1.29, 1.82) is 0 Å². The van der Waals surface area contributed by atoms with E-state index in [9.17, 15) is 9.18 Å². The Hall–Kier alpha value is -1.95. The highest BCUT2D eigenvalue weighted by molar-refractivity contribution is 7.07. The number of benzene rings is 1. The monoisotopic (exact) mass is 293 g/mol. The number of rotatable bonds is 6. The first-order valence-electron chi connectivity index (χ1n) is 6.40. The largest absolute Gasteiger partial charge is 0.382 e. The zero-order valence-corrected chi connectivity index (χ0v) is 12.0. The molecule has 1 aromatic carbocycles. The Bertz CT molecular complexity index is 572. The molecule has 1 heterocycles. The third-order valence-electron chi connectivity index (χ3n) is 2.72. The summed E-state index contributed by atoms with van der Waals surface area (Å²) < 4.78 is 13.8. The lowest BCUT2D eigenvalue weighted by Gasteiger charge is -2.12. The van der Waals surface area contributed by atoms with E-state index in [-0.39, 0.29) is 11.6 Å². The van der Waals surface area contributed by atoms with E-state index in [2.05, 4.69) is 15.6 Å². The number of hydrogen-bond donors (Lipinski definition) is 2. The summed E-state index contributed by atoms with van der Waals surface area (Å²) in [6.07, 6.45) is 0.855. The molecule has 6 heteroatoms. The van der Waals surface area contributed by atoms with E-state index < -0.39 is 5.82 Å². The van der Waals surface area contributed by atoms with Crippen molar-refractivity contribution in [2.75, 3.05) is 11.9 Å². The van der Waals surface area contributed by atoms with Crippen LogP contribution >= 0.6 is 11.3 Å². The molecule has 0 fully saturated rings. The maximum atomic E-state index is 13.8. The van der Waals surface area contributed by atoms with Gasteiger partial charge in [-0.15, -0.1) is 11.3 Å². The first kappa shape index (κ1) is 14.5. The molecule has 106 valence electrons. The lowest BCUT2D eigenvalue weighted by Crippen LogP contribution is -2.24. The third-order valence-corrected chi connectivity index (χ3v) is 3.36. The van der Waals surface area contributed by atoms with Crippen LogP contribution in [0.15, 0.2) is 29.1 Å². The smallest absolute Gasteiger partial charge is 0.253 e. The van der Waals surface area contributed by atoms with E-state index in [0.29, 0.717) is 18.7 Å². The molecule has 0 aliphatic carbocycles. The number of para-hydroxylation sites is 1. The Balaban J connectivity index is 2.10. The molecule has 4 nitrogen and oxygen atoms in total. The van der Waals surface area contributed by atoms with Gasteiger partial charge in [0.05, 0.1) is 29.0 Å². The maximum absolute atomic E-state index is 13.8. The van der Waals surface area contributed by atoms with Crippen LogP contribution in [0.4, 0.5) is 10.1 Å². The minimum Gasteiger partial charge on any atom is -0.382 e. The van der Waals surface area contributed by atoms with Gasteiger partial charge in [0.25, 0.3) is 5.91 Å². The number of amides is 1. The summed E-state index contributed by atoms with van der Waals surface area (Å²) in [6.45, 7) is 2.94. The maximum Gasteiger partial charge on any atom is 0.253 e. The molecular formula is C14H16FN3OS. The van der Waals surface area contributed by atoms with Gasteiger partial charge in [0.1, 0.15) is 5.82 Å². The van der Waals surface area contributed by atoms with Crippen LogP contribution in [0.2, 0.25) is 0 Å². The molecule has 0 saturated heterocycles. The molecule has 0 radical (unpaired) electrons. The molecule has 1 aromatic heterocycles. The van der Waals surface area contributed by atoms with Crippen molar-refractivity contribution in [2.45, 2.75) is 19.9 Å². The number of hydrogen-bond acceptors (Lipinski definition) is 4. The van der Waals surface area contributed by atoms with Gasteiger partial charge in [0.2, 0.25) is 0 Å². The summed E-state index contributed by atoms with van der Waals surface area (Å²) in [5.74, 6) is -0.726. The van der Waals surface area contributed by atoms with Gasteiger partial charge >= 0.3 is 0 Å². The Morgan fingerprint density at radius 3 is 3.00 bits per heavy atom. The fourth-order valence-electron chi connectivity index (χ4n) is 1.73. The standard InChI is InChI=1S/C14H16FN3OS/c1-2-6-16-13-11(4-3-5-12(13)15)14(19)17-7-10-8-20-9-18-10/h3-5,8-9,16H,2,6-7H2,1H3,(H,17,19). The highest BCUT2D eigenvalue weighted by Crippen LogP contribution is 2.20. The molecular weight excluding hydrogens is 277 g/mol. The van der Waals surface area contributed by atoms with Gasteiger partial charge in [0, 0.05) is 11.9 Å². The van der Waals surface area contributed by atoms with Crippen LogP contribution in [-0.2, 0) is 6.54 Å². The lowest BCUT2D eigenvalue weighted by molar-refractivity contribution is 0.0951. The molecule has 20 heavy (non-hydrogen) atoms. The number of aromatic nitrogens is 1. The minimum absolute atomic E-state index is 0.255. The van der Waals surface area contributed by atoms with Gasteiger partial charge in [-0.25, -0.2) is 9.37 Å². The summed E-state index contributed by atoms with van der Waals surface area (Å²) in [5.41, 5.74) is 3.07. The molecule has 0 aliphatic heterocycles. The fraction of sp³-hybridized carbons (Fsp3) is 0.286. The van der Waals surface area contributed by atoms with Gasteiger partial charge in [-0.1, -0.05) is 13.0 Å². The molecule has 0 aliphatic rings. The van der Waals surface area contributed by atoms with Crippen LogP contribution in [0.5, 0.6) is 0 Å². The van der Waals surface area contributed by atoms with E-state index in [1.165, 1.54) is 23.5 Å². The molecule has 0 saturated carbocycles. The molecule has 0 spiro atoms. The van der Waals surface area contributed by atoms with Gasteiger partial charge in [-0.05, 0) is 18.6 Å². The second-order valence-electron chi connectivity index (χ2n) is 4.25. The summed E-state index contributed by atoms with van der Waals surface area (Å²) in [5, 5.41) is 7.56. The average Bonchev–Trinajstić information content (AvgIpc) is 2.96. The van der Waals surface area contributed by atoms with Crippen molar-refractivity contribution >= 4 is 22.9 Å². The predicted octanol–water partition coefficient (Wildman–Crippen LogP) is 3.03. The summed E-state index contributed by atoms with van der Waals surface area (Å²) in [6, 6.07) is 4.48. The number of thiazole rings is 1.